The van der Waals surface area contributed by atoms with Gasteiger partial charge in [0.05, 0.1) is 0 Å². The first-order valence-corrected chi connectivity index (χ1v) is 8.65. The van der Waals surface area contributed by atoms with Crippen molar-refractivity contribution in [2.75, 3.05) is 6.54 Å². The van der Waals surface area contributed by atoms with Gasteiger partial charge in [-0.1, -0.05) is 48.9 Å². The Morgan fingerprint density at radius 3 is 2.46 bits per heavy atom. The zero-order chi connectivity index (χ0) is 17.4. The Morgan fingerprint density at radius 2 is 1.79 bits per heavy atom. The average Bonchev–Trinajstić information content (AvgIpc) is 2.56. The van der Waals surface area contributed by atoms with Gasteiger partial charge in [0.2, 0.25) is 0 Å². The number of carbonyl (C=O) groups excluding carboxylic acids is 1. The highest BCUT2D eigenvalue weighted by Crippen LogP contribution is 2.15. The van der Waals surface area contributed by atoms with E-state index >= 15 is 0 Å². The first-order valence-electron chi connectivity index (χ1n) is 8.65. The van der Waals surface area contributed by atoms with E-state index in [1.807, 2.05) is 38.1 Å². The number of hydrogen-bond donors (Lipinski definition) is 1. The van der Waals surface area contributed by atoms with Gasteiger partial charge in [0.15, 0.2) is 6.10 Å². The van der Waals surface area contributed by atoms with Crippen LogP contribution in [0.4, 0.5) is 0 Å². The van der Waals surface area contributed by atoms with Crippen molar-refractivity contribution in [3.63, 3.8) is 0 Å². The van der Waals surface area contributed by atoms with Gasteiger partial charge in [0.25, 0.3) is 5.91 Å². The molecule has 0 aliphatic rings. The maximum Gasteiger partial charge on any atom is 0.261 e. The topological polar surface area (TPSA) is 38.3 Å². The third-order valence-corrected chi connectivity index (χ3v) is 3.96. The molecule has 0 saturated carbocycles. The van der Waals surface area contributed by atoms with Crippen LogP contribution in [0.15, 0.2) is 48.5 Å². The number of carbonyl (C=O) groups is 1. The van der Waals surface area contributed by atoms with Crippen molar-refractivity contribution in [3.8, 4) is 5.75 Å². The quantitative estimate of drug-likeness (QED) is 0.738. The summed E-state index contributed by atoms with van der Waals surface area (Å²) in [6.07, 6.45) is 2.11. The highest BCUT2D eigenvalue weighted by Gasteiger charge is 2.17. The first-order chi connectivity index (χ1) is 11.6. The highest BCUT2D eigenvalue weighted by molar-refractivity contribution is 5.81. The summed E-state index contributed by atoms with van der Waals surface area (Å²) in [5.74, 6) is 0.708. The number of benzene rings is 2. The molecule has 0 heterocycles. The molecule has 3 nitrogen and oxygen atoms in total. The molecule has 0 aliphatic carbocycles. The maximum atomic E-state index is 12.3. The van der Waals surface area contributed by atoms with Crippen LogP contribution >= 0.6 is 0 Å². The van der Waals surface area contributed by atoms with E-state index in [0.717, 1.165) is 24.2 Å². The number of hydrogen-bond acceptors (Lipinski definition) is 2. The van der Waals surface area contributed by atoms with Gasteiger partial charge in [-0.25, -0.2) is 0 Å². The van der Waals surface area contributed by atoms with Crippen molar-refractivity contribution in [1.82, 2.24) is 5.32 Å². The Morgan fingerprint density at radius 1 is 1.08 bits per heavy atom. The molecule has 0 radical (unpaired) electrons. The largest absolute Gasteiger partial charge is 0.481 e. The minimum Gasteiger partial charge on any atom is -0.481 e. The molecule has 0 aliphatic heterocycles. The fourth-order valence-electron chi connectivity index (χ4n) is 2.66. The van der Waals surface area contributed by atoms with E-state index in [4.69, 9.17) is 4.74 Å². The molecule has 24 heavy (non-hydrogen) atoms. The molecule has 0 saturated heterocycles. The van der Waals surface area contributed by atoms with Crippen molar-refractivity contribution in [2.24, 2.45) is 0 Å². The maximum absolute atomic E-state index is 12.3. The lowest BCUT2D eigenvalue weighted by Gasteiger charge is -2.17. The molecule has 2 aromatic carbocycles. The Balaban J connectivity index is 1.77. The van der Waals surface area contributed by atoms with Crippen LogP contribution in [0.1, 0.15) is 36.5 Å². The van der Waals surface area contributed by atoms with Gasteiger partial charge in [-0.05, 0) is 56.4 Å². The first kappa shape index (κ1) is 18.1. The normalized spacial score (nSPS) is 11.8. The molecule has 1 atom stereocenters. The van der Waals surface area contributed by atoms with Crippen molar-refractivity contribution >= 4 is 5.91 Å². The van der Waals surface area contributed by atoms with Gasteiger partial charge in [0.1, 0.15) is 5.75 Å². The van der Waals surface area contributed by atoms with E-state index in [1.54, 1.807) is 0 Å². The van der Waals surface area contributed by atoms with Crippen LogP contribution in [0.5, 0.6) is 5.75 Å². The second kappa shape index (κ2) is 9.11. The highest BCUT2D eigenvalue weighted by atomic mass is 16.5. The van der Waals surface area contributed by atoms with E-state index in [2.05, 4.69) is 36.5 Å². The van der Waals surface area contributed by atoms with E-state index in [9.17, 15) is 4.79 Å². The van der Waals surface area contributed by atoms with Crippen molar-refractivity contribution < 1.29 is 9.53 Å². The van der Waals surface area contributed by atoms with Gasteiger partial charge >= 0.3 is 0 Å². The smallest absolute Gasteiger partial charge is 0.261 e. The Labute approximate surface area is 145 Å². The van der Waals surface area contributed by atoms with Crippen molar-refractivity contribution in [1.29, 1.82) is 0 Å². The predicted octanol–water partition coefficient (Wildman–Crippen LogP) is 4.21. The van der Waals surface area contributed by atoms with Gasteiger partial charge < -0.3 is 10.1 Å². The average molecular weight is 325 g/mol. The zero-order valence-electron chi connectivity index (χ0n) is 14.8. The molecule has 2 aromatic rings. The zero-order valence-corrected chi connectivity index (χ0v) is 14.8. The Bertz CT molecular complexity index is 666. The molecule has 0 spiro atoms. The summed E-state index contributed by atoms with van der Waals surface area (Å²) < 4.78 is 5.83. The minimum atomic E-state index is -0.439. The molecule has 3 heteroatoms. The van der Waals surface area contributed by atoms with Gasteiger partial charge in [-0.3, -0.25) is 4.79 Å². The SMILES string of the molecule is CC[C@@H](Oc1cccc(C)c1)C(=O)NCCCc1cccc(C)c1. The number of aryl methyl sites for hydroxylation is 3. The lowest BCUT2D eigenvalue weighted by atomic mass is 10.1. The summed E-state index contributed by atoms with van der Waals surface area (Å²) in [5.41, 5.74) is 3.71. The van der Waals surface area contributed by atoms with Gasteiger partial charge in [0, 0.05) is 6.54 Å². The van der Waals surface area contributed by atoms with E-state index in [-0.39, 0.29) is 5.91 Å². The second-order valence-corrected chi connectivity index (χ2v) is 6.21. The van der Waals surface area contributed by atoms with Gasteiger partial charge in [-0.15, -0.1) is 0 Å². The summed E-state index contributed by atoms with van der Waals surface area (Å²) in [7, 11) is 0. The fourth-order valence-corrected chi connectivity index (χ4v) is 2.66. The van der Waals surface area contributed by atoms with Crippen LogP contribution < -0.4 is 10.1 Å². The fraction of sp³-hybridized carbons (Fsp3) is 0.381. The van der Waals surface area contributed by atoms with Crippen LogP contribution in [0.3, 0.4) is 0 Å². The number of rotatable bonds is 8. The van der Waals surface area contributed by atoms with Crippen LogP contribution in [-0.2, 0) is 11.2 Å². The molecule has 1 N–H and O–H groups in total. The van der Waals surface area contributed by atoms with Crippen LogP contribution in [0, 0.1) is 13.8 Å². The summed E-state index contributed by atoms with van der Waals surface area (Å²) in [6, 6.07) is 16.3. The molecule has 128 valence electrons. The minimum absolute atomic E-state index is 0.0387. The summed E-state index contributed by atoms with van der Waals surface area (Å²) in [4.78, 5) is 12.3. The molecule has 0 aromatic heterocycles. The third-order valence-electron chi connectivity index (χ3n) is 3.96. The number of amides is 1. The second-order valence-electron chi connectivity index (χ2n) is 6.21. The molecule has 0 unspecified atom stereocenters. The van der Waals surface area contributed by atoms with E-state index < -0.39 is 6.10 Å². The Hall–Kier alpha value is -2.29. The molecule has 0 bridgehead atoms. The lowest BCUT2D eigenvalue weighted by Crippen LogP contribution is -2.38. The number of nitrogens with one attached hydrogen (secondary N) is 1. The monoisotopic (exact) mass is 325 g/mol. The Kier molecular flexibility index (Phi) is 6.86. The summed E-state index contributed by atoms with van der Waals surface area (Å²) in [6.45, 7) is 6.74. The van der Waals surface area contributed by atoms with E-state index in [1.165, 1.54) is 11.1 Å². The van der Waals surface area contributed by atoms with Crippen LogP contribution in [-0.4, -0.2) is 18.6 Å². The van der Waals surface area contributed by atoms with Crippen molar-refractivity contribution in [2.45, 2.75) is 46.1 Å². The van der Waals surface area contributed by atoms with E-state index in [0.29, 0.717) is 13.0 Å². The molecule has 2 rings (SSSR count). The molecular formula is C21H27NO2. The molecule has 0 fully saturated rings. The number of ether oxygens (including phenoxy) is 1. The summed E-state index contributed by atoms with van der Waals surface area (Å²) in [5, 5.41) is 2.99. The van der Waals surface area contributed by atoms with Gasteiger partial charge in [-0.2, -0.15) is 0 Å². The predicted molar refractivity (Wildman–Crippen MR) is 98.4 cm³/mol. The molecule has 1 amide bonds. The molecular weight excluding hydrogens is 298 g/mol. The lowest BCUT2D eigenvalue weighted by molar-refractivity contribution is -0.128. The van der Waals surface area contributed by atoms with Crippen LogP contribution in [0.2, 0.25) is 0 Å². The third kappa shape index (κ3) is 5.73. The summed E-state index contributed by atoms with van der Waals surface area (Å²) >= 11 is 0. The van der Waals surface area contributed by atoms with Crippen molar-refractivity contribution in [3.05, 3.63) is 65.2 Å². The van der Waals surface area contributed by atoms with Crippen LogP contribution in [0.25, 0.3) is 0 Å². The standard InChI is InChI=1S/C21H27NO2/c1-4-20(24-19-12-6-9-17(3)15-19)21(23)22-13-7-11-18-10-5-8-16(2)14-18/h5-6,8-10,12,14-15,20H,4,7,11,13H2,1-3H3,(H,22,23)/t20-/m1/s1.